The van der Waals surface area contributed by atoms with Crippen LogP contribution in [-0.4, -0.2) is 35.2 Å². The SMILES string of the molecule is O=C(NNC(=O)C1CCCN1C(=O)Cc1cccs1)c1ccccc1. The Bertz CT molecular complexity index is 746. The van der Waals surface area contributed by atoms with Gasteiger partial charge in [0.25, 0.3) is 11.8 Å². The quantitative estimate of drug-likeness (QED) is 0.818. The van der Waals surface area contributed by atoms with Gasteiger partial charge >= 0.3 is 0 Å². The molecule has 1 atom stereocenters. The number of hydrogen-bond acceptors (Lipinski definition) is 4. The Hall–Kier alpha value is -2.67. The number of likely N-dealkylation sites (tertiary alicyclic amines) is 1. The van der Waals surface area contributed by atoms with Gasteiger partial charge in [-0.2, -0.15) is 0 Å². The van der Waals surface area contributed by atoms with Crippen molar-refractivity contribution in [1.29, 1.82) is 0 Å². The average molecular weight is 357 g/mol. The summed E-state index contributed by atoms with van der Waals surface area (Å²) in [6.45, 7) is 0.564. The van der Waals surface area contributed by atoms with Crippen molar-refractivity contribution >= 4 is 29.1 Å². The van der Waals surface area contributed by atoms with Gasteiger partial charge in [-0.05, 0) is 36.4 Å². The third kappa shape index (κ3) is 4.24. The van der Waals surface area contributed by atoms with E-state index in [1.54, 1.807) is 29.2 Å². The number of hydrazine groups is 1. The van der Waals surface area contributed by atoms with E-state index in [-0.39, 0.29) is 17.7 Å². The maximum Gasteiger partial charge on any atom is 0.269 e. The second-order valence-electron chi connectivity index (χ2n) is 5.81. The van der Waals surface area contributed by atoms with E-state index in [4.69, 9.17) is 0 Å². The van der Waals surface area contributed by atoms with Crippen LogP contribution in [0, 0.1) is 0 Å². The molecule has 0 saturated carbocycles. The molecule has 3 amide bonds. The van der Waals surface area contributed by atoms with Crippen molar-refractivity contribution < 1.29 is 14.4 Å². The molecule has 0 bridgehead atoms. The molecule has 7 heteroatoms. The third-order valence-corrected chi connectivity index (χ3v) is 4.99. The first-order chi connectivity index (χ1) is 12.1. The summed E-state index contributed by atoms with van der Waals surface area (Å²) in [4.78, 5) is 39.4. The lowest BCUT2D eigenvalue weighted by molar-refractivity contribution is -0.138. The molecule has 130 valence electrons. The zero-order valence-corrected chi connectivity index (χ0v) is 14.4. The van der Waals surface area contributed by atoms with Gasteiger partial charge in [0, 0.05) is 17.0 Å². The molecule has 2 aromatic rings. The van der Waals surface area contributed by atoms with Crippen LogP contribution in [0.15, 0.2) is 47.8 Å². The highest BCUT2D eigenvalue weighted by molar-refractivity contribution is 7.10. The van der Waals surface area contributed by atoms with Gasteiger partial charge in [-0.15, -0.1) is 11.3 Å². The highest BCUT2D eigenvalue weighted by Crippen LogP contribution is 2.20. The molecule has 1 aromatic heterocycles. The van der Waals surface area contributed by atoms with Gasteiger partial charge < -0.3 is 4.90 Å². The number of hydrogen-bond donors (Lipinski definition) is 2. The molecule has 6 nitrogen and oxygen atoms in total. The molecule has 1 aromatic carbocycles. The molecular weight excluding hydrogens is 338 g/mol. The molecule has 25 heavy (non-hydrogen) atoms. The van der Waals surface area contributed by atoms with Gasteiger partial charge in [0.2, 0.25) is 5.91 Å². The normalized spacial score (nSPS) is 16.5. The monoisotopic (exact) mass is 357 g/mol. The van der Waals surface area contributed by atoms with E-state index in [9.17, 15) is 14.4 Å². The van der Waals surface area contributed by atoms with Crippen molar-refractivity contribution in [2.24, 2.45) is 0 Å². The lowest BCUT2D eigenvalue weighted by Gasteiger charge is -2.23. The topological polar surface area (TPSA) is 78.5 Å². The fourth-order valence-corrected chi connectivity index (χ4v) is 3.56. The van der Waals surface area contributed by atoms with Gasteiger partial charge in [-0.1, -0.05) is 24.3 Å². The van der Waals surface area contributed by atoms with Crippen molar-refractivity contribution in [2.75, 3.05) is 6.54 Å². The summed E-state index contributed by atoms with van der Waals surface area (Å²) in [5, 5.41) is 1.93. The predicted octanol–water partition coefficient (Wildman–Crippen LogP) is 1.74. The van der Waals surface area contributed by atoms with Gasteiger partial charge in [0.15, 0.2) is 0 Å². The maximum atomic E-state index is 12.5. The van der Waals surface area contributed by atoms with Crippen molar-refractivity contribution in [3.8, 4) is 0 Å². The molecular formula is C18H19N3O3S. The van der Waals surface area contributed by atoms with Gasteiger partial charge in [0.1, 0.15) is 6.04 Å². The maximum absolute atomic E-state index is 12.5. The van der Waals surface area contributed by atoms with Crippen LogP contribution in [0.1, 0.15) is 28.1 Å². The summed E-state index contributed by atoms with van der Waals surface area (Å²) in [6, 6.07) is 11.9. The van der Waals surface area contributed by atoms with Crippen LogP contribution in [-0.2, 0) is 16.0 Å². The van der Waals surface area contributed by atoms with Crippen LogP contribution >= 0.6 is 11.3 Å². The summed E-state index contributed by atoms with van der Waals surface area (Å²) in [7, 11) is 0. The number of nitrogens with zero attached hydrogens (tertiary/aromatic N) is 1. The van der Waals surface area contributed by atoms with Crippen LogP contribution in [0.2, 0.25) is 0 Å². The van der Waals surface area contributed by atoms with E-state index < -0.39 is 6.04 Å². The summed E-state index contributed by atoms with van der Waals surface area (Å²) in [5.74, 6) is -0.806. The summed E-state index contributed by atoms with van der Waals surface area (Å²) < 4.78 is 0. The second-order valence-corrected chi connectivity index (χ2v) is 6.84. The zero-order chi connectivity index (χ0) is 17.6. The third-order valence-electron chi connectivity index (χ3n) is 4.12. The van der Waals surface area contributed by atoms with Crippen LogP contribution < -0.4 is 10.9 Å². The van der Waals surface area contributed by atoms with E-state index >= 15 is 0 Å². The Morgan fingerprint density at radius 3 is 2.60 bits per heavy atom. The largest absolute Gasteiger partial charge is 0.330 e. The van der Waals surface area contributed by atoms with Crippen LogP contribution in [0.3, 0.4) is 0 Å². The first kappa shape index (κ1) is 17.2. The van der Waals surface area contributed by atoms with Crippen molar-refractivity contribution in [3.63, 3.8) is 0 Å². The van der Waals surface area contributed by atoms with E-state index in [1.165, 1.54) is 11.3 Å². The first-order valence-corrected chi connectivity index (χ1v) is 9.00. The number of amides is 3. The number of benzene rings is 1. The number of rotatable bonds is 4. The fourth-order valence-electron chi connectivity index (χ4n) is 2.86. The van der Waals surface area contributed by atoms with Crippen LogP contribution in [0.5, 0.6) is 0 Å². The molecule has 1 saturated heterocycles. The highest BCUT2D eigenvalue weighted by Gasteiger charge is 2.34. The van der Waals surface area contributed by atoms with E-state index in [2.05, 4.69) is 10.9 Å². The summed E-state index contributed by atoms with van der Waals surface area (Å²) in [5.41, 5.74) is 5.30. The Morgan fingerprint density at radius 2 is 1.88 bits per heavy atom. The molecule has 3 rings (SSSR count). The van der Waals surface area contributed by atoms with Gasteiger partial charge in [0.05, 0.1) is 6.42 Å². The van der Waals surface area contributed by atoms with Crippen molar-refractivity contribution in [3.05, 3.63) is 58.3 Å². The lowest BCUT2D eigenvalue weighted by Crippen LogP contribution is -2.51. The lowest BCUT2D eigenvalue weighted by atomic mass is 10.2. The minimum Gasteiger partial charge on any atom is -0.330 e. The smallest absolute Gasteiger partial charge is 0.269 e. The molecule has 0 aliphatic carbocycles. The summed E-state index contributed by atoms with van der Waals surface area (Å²) >= 11 is 1.53. The van der Waals surface area contributed by atoms with Crippen LogP contribution in [0.25, 0.3) is 0 Å². The second kappa shape index (κ2) is 7.94. The summed E-state index contributed by atoms with van der Waals surface area (Å²) in [6.07, 6.45) is 1.68. The van der Waals surface area contributed by atoms with Crippen molar-refractivity contribution in [2.45, 2.75) is 25.3 Å². The average Bonchev–Trinajstić information content (AvgIpc) is 3.31. The molecule has 2 heterocycles. The van der Waals surface area contributed by atoms with Gasteiger partial charge in [-0.25, -0.2) is 0 Å². The number of carbonyl (C=O) groups is 3. The Kier molecular flexibility index (Phi) is 5.45. The van der Waals surface area contributed by atoms with E-state index in [0.29, 0.717) is 24.9 Å². The van der Waals surface area contributed by atoms with E-state index in [0.717, 1.165) is 11.3 Å². The molecule has 2 N–H and O–H groups in total. The molecule has 0 radical (unpaired) electrons. The molecule has 0 spiro atoms. The number of carbonyl (C=O) groups excluding carboxylic acids is 3. The molecule has 1 unspecified atom stereocenters. The number of nitrogens with one attached hydrogen (secondary N) is 2. The van der Waals surface area contributed by atoms with E-state index in [1.807, 2.05) is 23.6 Å². The van der Waals surface area contributed by atoms with Gasteiger partial charge in [-0.3, -0.25) is 25.2 Å². The Balaban J connectivity index is 1.55. The standard InChI is InChI=1S/C18H19N3O3S/c22-16(12-14-8-5-11-25-14)21-10-4-9-15(21)18(24)20-19-17(23)13-6-2-1-3-7-13/h1-3,5-8,11,15H,4,9-10,12H2,(H,19,23)(H,20,24). The van der Waals surface area contributed by atoms with Crippen molar-refractivity contribution in [1.82, 2.24) is 15.8 Å². The Labute approximate surface area is 149 Å². The zero-order valence-electron chi connectivity index (χ0n) is 13.6. The fraction of sp³-hybridized carbons (Fsp3) is 0.278. The molecule has 1 fully saturated rings. The highest BCUT2D eigenvalue weighted by atomic mass is 32.1. The van der Waals surface area contributed by atoms with Crippen LogP contribution in [0.4, 0.5) is 0 Å². The minimum atomic E-state index is -0.538. The predicted molar refractivity (Wildman–Crippen MR) is 94.8 cm³/mol. The first-order valence-electron chi connectivity index (χ1n) is 8.12. The molecule has 1 aliphatic heterocycles. The minimum absolute atomic E-state index is 0.0607. The Morgan fingerprint density at radius 1 is 1.08 bits per heavy atom. The molecule has 1 aliphatic rings. The number of thiophene rings is 1.